The molecule has 0 fully saturated rings. The largest absolute Gasteiger partial charge is 0.480 e. The van der Waals surface area contributed by atoms with Gasteiger partial charge in [-0.3, -0.25) is 14.4 Å². The third-order valence-corrected chi connectivity index (χ3v) is 5.79. The molecular weight excluding hydrogens is 442 g/mol. The molecule has 0 saturated carbocycles. The molecule has 0 saturated heterocycles. The first-order valence-corrected chi connectivity index (χ1v) is 11.1. The molecular formula is C25H35NO8. The van der Waals surface area contributed by atoms with Crippen molar-refractivity contribution in [3.05, 3.63) is 42.0 Å². The topological polar surface area (TPSA) is 130 Å². The number of carbonyl (C=O) groups is 4. The van der Waals surface area contributed by atoms with Crippen molar-refractivity contribution in [1.82, 2.24) is 0 Å². The molecule has 0 heterocycles. The molecule has 1 aromatic carbocycles. The van der Waals surface area contributed by atoms with Gasteiger partial charge < -0.3 is 24.6 Å². The van der Waals surface area contributed by atoms with Crippen LogP contribution in [0.3, 0.4) is 0 Å². The zero-order valence-electron chi connectivity index (χ0n) is 20.6. The van der Waals surface area contributed by atoms with Crippen molar-refractivity contribution in [3.8, 4) is 0 Å². The molecule has 34 heavy (non-hydrogen) atoms. The standard InChI is InChI=1S/C25H35NO8/c1-7-24(5,34-23(32)17(3)4)13-14-33-25(6,8-2)22(31)18-9-11-19(12-10-18)26(15-20(27)28)16-21(29)30/h9-12H,3,7-8,13-16H2,1-2,4-6H3,(H,27,28)(H,29,30)/t24?,25-/m0/s1. The highest BCUT2D eigenvalue weighted by atomic mass is 16.6. The summed E-state index contributed by atoms with van der Waals surface area (Å²) in [6, 6.07) is 6.08. The molecule has 0 aliphatic heterocycles. The number of hydrogen-bond donors (Lipinski definition) is 2. The molecule has 9 heteroatoms. The number of nitrogens with zero attached hydrogens (tertiary/aromatic N) is 1. The quantitative estimate of drug-likeness (QED) is 0.220. The van der Waals surface area contributed by atoms with Crippen LogP contribution in [0.5, 0.6) is 0 Å². The average molecular weight is 478 g/mol. The minimum Gasteiger partial charge on any atom is -0.480 e. The van der Waals surface area contributed by atoms with Crippen LogP contribution in [-0.4, -0.2) is 64.8 Å². The van der Waals surface area contributed by atoms with Crippen LogP contribution in [0.25, 0.3) is 0 Å². The molecule has 0 aliphatic rings. The lowest BCUT2D eigenvalue weighted by Gasteiger charge is -2.32. The number of benzene rings is 1. The summed E-state index contributed by atoms with van der Waals surface area (Å²) in [5, 5.41) is 18.1. The summed E-state index contributed by atoms with van der Waals surface area (Å²) in [5.41, 5.74) is -0.851. The number of carbonyl (C=O) groups excluding carboxylic acids is 2. The van der Waals surface area contributed by atoms with Gasteiger partial charge >= 0.3 is 17.9 Å². The van der Waals surface area contributed by atoms with Gasteiger partial charge in [0.15, 0.2) is 5.78 Å². The number of esters is 1. The van der Waals surface area contributed by atoms with E-state index in [0.717, 1.165) is 0 Å². The van der Waals surface area contributed by atoms with E-state index in [-0.39, 0.29) is 12.4 Å². The second kappa shape index (κ2) is 12.3. The monoisotopic (exact) mass is 477 g/mol. The van der Waals surface area contributed by atoms with Gasteiger partial charge in [0.1, 0.15) is 24.3 Å². The molecule has 0 aliphatic carbocycles. The summed E-state index contributed by atoms with van der Waals surface area (Å²) in [7, 11) is 0. The van der Waals surface area contributed by atoms with Crippen molar-refractivity contribution in [2.24, 2.45) is 0 Å². The van der Waals surface area contributed by atoms with Crippen LogP contribution in [0.2, 0.25) is 0 Å². The molecule has 1 unspecified atom stereocenters. The maximum atomic E-state index is 13.2. The van der Waals surface area contributed by atoms with Crippen molar-refractivity contribution < 1.29 is 38.9 Å². The Morgan fingerprint density at radius 3 is 1.91 bits per heavy atom. The Bertz CT molecular complexity index is 894. The highest BCUT2D eigenvalue weighted by Crippen LogP contribution is 2.27. The predicted octanol–water partition coefficient (Wildman–Crippen LogP) is 3.71. The van der Waals surface area contributed by atoms with Crippen LogP contribution in [0.1, 0.15) is 64.2 Å². The number of Topliss-reactive ketones (excluding diaryl/α,β-unsaturated/α-hetero) is 1. The smallest absolute Gasteiger partial charge is 0.333 e. The van der Waals surface area contributed by atoms with Crippen LogP contribution in [0, 0.1) is 0 Å². The number of carboxylic acid groups (broad SMARTS) is 2. The fraction of sp³-hybridized carbons (Fsp3) is 0.520. The van der Waals surface area contributed by atoms with Crippen LogP contribution in [-0.2, 0) is 23.9 Å². The summed E-state index contributed by atoms with van der Waals surface area (Å²) >= 11 is 0. The summed E-state index contributed by atoms with van der Waals surface area (Å²) in [5.74, 6) is -3.07. The molecule has 0 radical (unpaired) electrons. The highest BCUT2D eigenvalue weighted by molar-refractivity contribution is 6.02. The lowest BCUT2D eigenvalue weighted by molar-refractivity contribution is -0.156. The predicted molar refractivity (Wildman–Crippen MR) is 127 cm³/mol. The van der Waals surface area contributed by atoms with Gasteiger partial charge in [0, 0.05) is 23.2 Å². The SMILES string of the molecule is C=C(C)C(=O)OC(C)(CC)CCO[C@@](C)(CC)C(=O)c1ccc(N(CC(=O)O)CC(=O)O)cc1. The third kappa shape index (κ3) is 8.30. The number of ketones is 1. The Labute approximate surface area is 200 Å². The molecule has 9 nitrogen and oxygen atoms in total. The van der Waals surface area contributed by atoms with Crippen molar-refractivity contribution in [1.29, 1.82) is 0 Å². The maximum absolute atomic E-state index is 13.2. The van der Waals surface area contributed by atoms with E-state index in [1.54, 1.807) is 20.8 Å². The van der Waals surface area contributed by atoms with Crippen LogP contribution in [0.4, 0.5) is 5.69 Å². The molecule has 0 spiro atoms. The van der Waals surface area contributed by atoms with E-state index in [9.17, 15) is 19.2 Å². The van der Waals surface area contributed by atoms with Crippen molar-refractivity contribution in [2.45, 2.75) is 65.1 Å². The first-order valence-electron chi connectivity index (χ1n) is 11.1. The molecule has 188 valence electrons. The average Bonchev–Trinajstić information content (AvgIpc) is 2.77. The third-order valence-electron chi connectivity index (χ3n) is 5.79. The number of aliphatic carboxylic acids is 2. The Kier molecular flexibility index (Phi) is 10.4. The van der Waals surface area contributed by atoms with Gasteiger partial charge in [-0.15, -0.1) is 0 Å². The number of carboxylic acids is 2. The highest BCUT2D eigenvalue weighted by Gasteiger charge is 2.35. The zero-order chi connectivity index (χ0) is 26.1. The molecule has 1 rings (SSSR count). The van der Waals surface area contributed by atoms with Gasteiger partial charge in [-0.1, -0.05) is 20.4 Å². The number of rotatable bonds is 15. The number of anilines is 1. The maximum Gasteiger partial charge on any atom is 0.333 e. The second-order valence-electron chi connectivity index (χ2n) is 8.68. The van der Waals surface area contributed by atoms with E-state index >= 15 is 0 Å². The lowest BCUT2D eigenvalue weighted by atomic mass is 9.91. The minimum atomic E-state index is -1.17. The van der Waals surface area contributed by atoms with E-state index < -0.39 is 42.2 Å². The zero-order valence-corrected chi connectivity index (χ0v) is 20.6. The normalized spacial score (nSPS) is 14.4. The molecule has 2 atom stereocenters. The van der Waals surface area contributed by atoms with E-state index in [4.69, 9.17) is 19.7 Å². The molecule has 2 N–H and O–H groups in total. The van der Waals surface area contributed by atoms with E-state index in [2.05, 4.69) is 6.58 Å². The Hall–Kier alpha value is -3.20. The summed E-state index contributed by atoms with van der Waals surface area (Å²) < 4.78 is 11.5. The Morgan fingerprint density at radius 2 is 1.50 bits per heavy atom. The van der Waals surface area contributed by atoms with E-state index in [0.29, 0.717) is 36.1 Å². The van der Waals surface area contributed by atoms with Crippen molar-refractivity contribution in [3.63, 3.8) is 0 Å². The van der Waals surface area contributed by atoms with Crippen molar-refractivity contribution >= 4 is 29.4 Å². The van der Waals surface area contributed by atoms with Crippen LogP contribution in [0.15, 0.2) is 36.4 Å². The van der Waals surface area contributed by atoms with E-state index in [1.165, 1.54) is 29.2 Å². The van der Waals surface area contributed by atoms with Gasteiger partial charge in [0.25, 0.3) is 0 Å². The van der Waals surface area contributed by atoms with Gasteiger partial charge in [0.2, 0.25) is 0 Å². The van der Waals surface area contributed by atoms with Gasteiger partial charge in [0.05, 0.1) is 6.61 Å². The summed E-state index contributed by atoms with van der Waals surface area (Å²) in [4.78, 5) is 48.4. The van der Waals surface area contributed by atoms with Gasteiger partial charge in [-0.2, -0.15) is 0 Å². The van der Waals surface area contributed by atoms with Gasteiger partial charge in [-0.05, 0) is 57.9 Å². The van der Waals surface area contributed by atoms with E-state index in [1.807, 2.05) is 13.8 Å². The second-order valence-corrected chi connectivity index (χ2v) is 8.68. The van der Waals surface area contributed by atoms with Gasteiger partial charge in [-0.25, -0.2) is 4.79 Å². The first-order chi connectivity index (χ1) is 15.8. The fourth-order valence-corrected chi connectivity index (χ4v) is 3.13. The van der Waals surface area contributed by atoms with Crippen LogP contribution >= 0.6 is 0 Å². The fourth-order valence-electron chi connectivity index (χ4n) is 3.13. The number of hydrogen-bond acceptors (Lipinski definition) is 7. The molecule has 0 aromatic heterocycles. The molecule has 0 amide bonds. The molecule has 0 bridgehead atoms. The lowest BCUT2D eigenvalue weighted by Crippen LogP contribution is -2.40. The van der Waals surface area contributed by atoms with Crippen LogP contribution < -0.4 is 4.90 Å². The van der Waals surface area contributed by atoms with Crippen molar-refractivity contribution in [2.75, 3.05) is 24.6 Å². The Morgan fingerprint density at radius 1 is 0.971 bits per heavy atom. The summed E-state index contributed by atoms with van der Waals surface area (Å²) in [6.45, 7) is 11.6. The summed E-state index contributed by atoms with van der Waals surface area (Å²) in [6.07, 6.45) is 1.35. The number of ether oxygens (including phenoxy) is 2. The minimum absolute atomic E-state index is 0.187. The molecule has 1 aromatic rings. The Balaban J connectivity index is 2.94. The first kappa shape index (κ1) is 28.8.